The predicted molar refractivity (Wildman–Crippen MR) is 98.5 cm³/mol. The molecule has 1 aromatic carbocycles. The number of amides is 1. The van der Waals surface area contributed by atoms with E-state index in [2.05, 4.69) is 14.4 Å². The number of ether oxygens (including phenoxy) is 1. The number of carbonyl (C=O) groups excluding carboxylic acids is 1. The number of benzene rings is 1. The minimum absolute atomic E-state index is 0.173. The second kappa shape index (κ2) is 7.45. The predicted octanol–water partition coefficient (Wildman–Crippen LogP) is 2.96. The molecule has 0 bridgehead atoms. The van der Waals surface area contributed by atoms with Crippen molar-refractivity contribution in [3.63, 3.8) is 0 Å². The monoisotopic (exact) mass is 385 g/mol. The summed E-state index contributed by atoms with van der Waals surface area (Å²) in [5.41, 5.74) is 2.95. The summed E-state index contributed by atoms with van der Waals surface area (Å²) in [5, 5.41) is 3.34. The molecule has 0 aromatic heterocycles. The Morgan fingerprint density at radius 1 is 1.32 bits per heavy atom. The quantitative estimate of drug-likeness (QED) is 0.814. The molecule has 7 nitrogen and oxygen atoms in total. The van der Waals surface area contributed by atoms with Crippen LogP contribution < -0.4 is 14.8 Å². The van der Waals surface area contributed by atoms with E-state index in [0.29, 0.717) is 39.9 Å². The zero-order valence-electron chi connectivity index (χ0n) is 14.4. The van der Waals surface area contributed by atoms with Crippen molar-refractivity contribution < 1.29 is 17.9 Å². The third-order valence-electron chi connectivity index (χ3n) is 3.79. The van der Waals surface area contributed by atoms with Gasteiger partial charge in [0.05, 0.1) is 18.5 Å². The molecule has 0 aliphatic carbocycles. The van der Waals surface area contributed by atoms with Gasteiger partial charge in [0.25, 0.3) is 0 Å². The maximum Gasteiger partial charge on any atom is 0.342 e. The number of methoxy groups -OCH3 is 1. The number of aryl methyl sites for hydroxylation is 1. The number of anilines is 1. The van der Waals surface area contributed by atoms with Crippen LogP contribution in [0.15, 0.2) is 27.8 Å². The normalized spacial score (nSPS) is 16.1. The smallest absolute Gasteiger partial charge is 0.342 e. The fraction of sp³-hybridized carbons (Fsp3) is 0.375. The van der Waals surface area contributed by atoms with Crippen molar-refractivity contribution in [2.24, 2.45) is 4.40 Å². The van der Waals surface area contributed by atoms with E-state index in [0.717, 1.165) is 5.56 Å². The number of rotatable bonds is 5. The highest BCUT2D eigenvalue weighted by atomic mass is 35.5. The van der Waals surface area contributed by atoms with Crippen molar-refractivity contribution in [3.05, 3.63) is 34.0 Å². The molecule has 0 fully saturated rings. The van der Waals surface area contributed by atoms with Gasteiger partial charge in [-0.2, -0.15) is 8.42 Å². The van der Waals surface area contributed by atoms with Crippen molar-refractivity contribution >= 4 is 39.1 Å². The van der Waals surface area contributed by atoms with Gasteiger partial charge in [-0.05, 0) is 44.4 Å². The van der Waals surface area contributed by atoms with E-state index in [9.17, 15) is 13.2 Å². The molecule has 1 amide bonds. The first-order valence-corrected chi connectivity index (χ1v) is 9.38. The summed E-state index contributed by atoms with van der Waals surface area (Å²) in [6.45, 7) is 5.09. The fourth-order valence-corrected chi connectivity index (χ4v) is 3.71. The summed E-state index contributed by atoms with van der Waals surface area (Å²) in [6.07, 6.45) is 0.538. The highest BCUT2D eigenvalue weighted by Crippen LogP contribution is 2.31. The summed E-state index contributed by atoms with van der Waals surface area (Å²) < 4.78 is 34.2. The molecule has 25 heavy (non-hydrogen) atoms. The number of halogens is 1. The van der Waals surface area contributed by atoms with E-state index in [-0.39, 0.29) is 12.3 Å². The molecule has 0 spiro atoms. The Bertz CT molecular complexity index is 876. The van der Waals surface area contributed by atoms with Crippen molar-refractivity contribution in [1.29, 1.82) is 0 Å². The summed E-state index contributed by atoms with van der Waals surface area (Å²) >= 11 is 6.05. The number of hydrogen-bond acceptors (Lipinski definition) is 4. The highest BCUT2D eigenvalue weighted by Gasteiger charge is 2.21. The Morgan fingerprint density at radius 2 is 2.00 bits per heavy atom. The van der Waals surface area contributed by atoms with Crippen LogP contribution in [-0.2, 0) is 15.0 Å². The van der Waals surface area contributed by atoms with Gasteiger partial charge in [0.2, 0.25) is 5.91 Å². The molecule has 1 heterocycles. The number of allylic oxidation sites excluding steroid dienone is 2. The van der Waals surface area contributed by atoms with Gasteiger partial charge in [-0.15, -0.1) is 4.40 Å². The molecule has 1 aliphatic rings. The first-order valence-electron chi connectivity index (χ1n) is 7.56. The standard InChI is InChI=1S/C16H20ClN3O4S/c1-9-7-14(15(24-4)8-13(9)17)18-16(21)6-5-12-10(2)19-25(22,23)20-11(12)3/h7-8,19H,5-6H2,1-4H3,(H,18,21). The summed E-state index contributed by atoms with van der Waals surface area (Å²) in [7, 11) is -2.17. The Hall–Kier alpha value is -2.06. The molecular formula is C16H20ClN3O4S. The molecule has 0 radical (unpaired) electrons. The largest absolute Gasteiger partial charge is 0.495 e. The van der Waals surface area contributed by atoms with Crippen LogP contribution in [0.25, 0.3) is 0 Å². The Kier molecular flexibility index (Phi) is 5.74. The number of hydrogen-bond donors (Lipinski definition) is 2. The van der Waals surface area contributed by atoms with Crippen molar-refractivity contribution in [2.45, 2.75) is 33.6 Å². The Morgan fingerprint density at radius 3 is 2.60 bits per heavy atom. The molecule has 0 unspecified atom stereocenters. The molecule has 2 N–H and O–H groups in total. The first-order chi connectivity index (χ1) is 11.6. The van der Waals surface area contributed by atoms with Crippen LogP contribution in [0.4, 0.5) is 5.69 Å². The van der Waals surface area contributed by atoms with Crippen LogP contribution in [-0.4, -0.2) is 27.1 Å². The van der Waals surface area contributed by atoms with E-state index < -0.39 is 10.2 Å². The first kappa shape index (κ1) is 19.3. The van der Waals surface area contributed by atoms with Crippen LogP contribution in [0.3, 0.4) is 0 Å². The van der Waals surface area contributed by atoms with Crippen molar-refractivity contribution in [3.8, 4) is 5.75 Å². The second-order valence-corrected chi connectivity index (χ2v) is 7.45. The van der Waals surface area contributed by atoms with Crippen LogP contribution in [0, 0.1) is 6.92 Å². The van der Waals surface area contributed by atoms with Gasteiger partial charge in [-0.1, -0.05) is 11.6 Å². The third-order valence-corrected chi connectivity index (χ3v) is 5.27. The van der Waals surface area contributed by atoms with E-state index in [4.69, 9.17) is 16.3 Å². The van der Waals surface area contributed by atoms with Gasteiger partial charge in [-0.25, -0.2) is 0 Å². The minimum atomic E-state index is -3.67. The van der Waals surface area contributed by atoms with Crippen LogP contribution in [0.2, 0.25) is 5.02 Å². The van der Waals surface area contributed by atoms with Crippen molar-refractivity contribution in [1.82, 2.24) is 4.72 Å². The molecule has 2 rings (SSSR count). The molecule has 9 heteroatoms. The number of carbonyl (C=O) groups is 1. The minimum Gasteiger partial charge on any atom is -0.495 e. The molecule has 1 aliphatic heterocycles. The average molecular weight is 386 g/mol. The van der Waals surface area contributed by atoms with Gasteiger partial charge in [-0.3, -0.25) is 9.52 Å². The number of nitrogens with zero attached hydrogens (tertiary/aromatic N) is 1. The maximum atomic E-state index is 12.3. The summed E-state index contributed by atoms with van der Waals surface area (Å²) in [4.78, 5) is 12.3. The van der Waals surface area contributed by atoms with Gasteiger partial charge in [0, 0.05) is 23.2 Å². The van der Waals surface area contributed by atoms with Crippen LogP contribution in [0.1, 0.15) is 32.3 Å². The highest BCUT2D eigenvalue weighted by molar-refractivity contribution is 7.88. The zero-order chi connectivity index (χ0) is 18.8. The van der Waals surface area contributed by atoms with E-state index in [1.54, 1.807) is 26.0 Å². The maximum absolute atomic E-state index is 12.3. The fourth-order valence-electron chi connectivity index (χ4n) is 2.53. The van der Waals surface area contributed by atoms with Crippen LogP contribution in [0.5, 0.6) is 5.75 Å². The molecule has 0 saturated carbocycles. The second-order valence-electron chi connectivity index (χ2n) is 5.71. The molecule has 0 saturated heterocycles. The molecular weight excluding hydrogens is 366 g/mol. The third kappa shape index (κ3) is 4.73. The zero-order valence-corrected chi connectivity index (χ0v) is 16.0. The lowest BCUT2D eigenvalue weighted by molar-refractivity contribution is -0.116. The molecule has 1 aromatic rings. The molecule has 136 valence electrons. The van der Waals surface area contributed by atoms with Gasteiger partial charge >= 0.3 is 10.2 Å². The van der Waals surface area contributed by atoms with E-state index in [1.807, 2.05) is 6.92 Å². The SMILES string of the molecule is COc1cc(Cl)c(C)cc1NC(=O)CCC1=C(C)NS(=O)(=O)N=C1C. The van der Waals surface area contributed by atoms with Crippen molar-refractivity contribution in [2.75, 3.05) is 12.4 Å². The van der Waals surface area contributed by atoms with Gasteiger partial charge in [0.15, 0.2) is 0 Å². The van der Waals surface area contributed by atoms with Gasteiger partial charge in [0.1, 0.15) is 5.75 Å². The lowest BCUT2D eigenvalue weighted by atomic mass is 10.0. The summed E-state index contributed by atoms with van der Waals surface area (Å²) in [6, 6.07) is 3.39. The lowest BCUT2D eigenvalue weighted by Crippen LogP contribution is -2.28. The average Bonchev–Trinajstić information content (AvgIpc) is 2.48. The summed E-state index contributed by atoms with van der Waals surface area (Å²) in [5.74, 6) is 0.254. The number of nitrogens with one attached hydrogen (secondary N) is 2. The lowest BCUT2D eigenvalue weighted by Gasteiger charge is -2.18. The van der Waals surface area contributed by atoms with E-state index >= 15 is 0 Å². The Balaban J connectivity index is 2.07. The Labute approximate surface area is 152 Å². The molecule has 0 atom stereocenters. The van der Waals surface area contributed by atoms with E-state index in [1.165, 1.54) is 7.11 Å². The van der Waals surface area contributed by atoms with Crippen LogP contribution >= 0.6 is 11.6 Å². The topological polar surface area (TPSA) is 96.9 Å². The van der Waals surface area contributed by atoms with Gasteiger partial charge < -0.3 is 10.1 Å².